The molecule has 2 aromatic rings. The summed E-state index contributed by atoms with van der Waals surface area (Å²) in [5.41, 5.74) is 1.55. The molecule has 0 aliphatic heterocycles. The van der Waals surface area contributed by atoms with Crippen LogP contribution in [0.2, 0.25) is 0 Å². The number of esters is 1. The highest BCUT2D eigenvalue weighted by Gasteiger charge is 2.19. The van der Waals surface area contributed by atoms with Crippen LogP contribution in [-0.4, -0.2) is 59.0 Å². The number of nitriles is 1. The maximum absolute atomic E-state index is 12.3. The van der Waals surface area contributed by atoms with Gasteiger partial charge in [0.1, 0.15) is 6.07 Å². The third kappa shape index (κ3) is 7.06. The van der Waals surface area contributed by atoms with Crippen LogP contribution in [0.3, 0.4) is 0 Å². The van der Waals surface area contributed by atoms with Gasteiger partial charge in [0.15, 0.2) is 24.7 Å². The summed E-state index contributed by atoms with van der Waals surface area (Å²) in [6.07, 6.45) is 2.62. The number of nitrogens with zero attached hydrogens (tertiary/aromatic N) is 2. The predicted molar refractivity (Wildman–Crippen MR) is 125 cm³/mol. The molecule has 34 heavy (non-hydrogen) atoms. The van der Waals surface area contributed by atoms with E-state index in [9.17, 15) is 18.0 Å². The third-order valence-corrected chi connectivity index (χ3v) is 6.31. The van der Waals surface area contributed by atoms with Crippen LogP contribution >= 0.6 is 0 Å². The lowest BCUT2D eigenvalue weighted by Crippen LogP contribution is -2.23. The van der Waals surface area contributed by atoms with Gasteiger partial charge in [-0.15, -0.1) is 0 Å². The lowest BCUT2D eigenvalue weighted by molar-refractivity contribution is -0.142. The zero-order chi connectivity index (χ0) is 25.3. The quantitative estimate of drug-likeness (QED) is 0.399. The maximum Gasteiger partial charge on any atom is 0.331 e. The molecule has 0 saturated heterocycles. The second kappa shape index (κ2) is 11.8. The summed E-state index contributed by atoms with van der Waals surface area (Å²) in [4.78, 5) is 24.2. The van der Waals surface area contributed by atoms with Crippen molar-refractivity contribution >= 4 is 33.7 Å². The van der Waals surface area contributed by atoms with E-state index < -0.39 is 28.5 Å². The normalized spacial score (nSPS) is 11.2. The molecule has 1 amide bonds. The number of carbonyl (C=O) groups is 2. The molecule has 1 N–H and O–H groups in total. The Morgan fingerprint density at radius 3 is 2.53 bits per heavy atom. The van der Waals surface area contributed by atoms with Crippen molar-refractivity contribution in [2.45, 2.75) is 11.8 Å². The van der Waals surface area contributed by atoms with Crippen molar-refractivity contribution in [1.29, 1.82) is 5.26 Å². The zero-order valence-corrected chi connectivity index (χ0v) is 20.0. The predicted octanol–water partition coefficient (Wildman–Crippen LogP) is 2.35. The van der Waals surface area contributed by atoms with E-state index in [0.29, 0.717) is 28.3 Å². The van der Waals surface area contributed by atoms with Crippen molar-refractivity contribution in [3.63, 3.8) is 0 Å². The number of hydrogen-bond donors (Lipinski definition) is 1. The highest BCUT2D eigenvalue weighted by atomic mass is 32.2. The fourth-order valence-corrected chi connectivity index (χ4v) is 3.59. The number of hydrogen-bond acceptors (Lipinski definition) is 8. The molecule has 0 aliphatic rings. The minimum absolute atomic E-state index is 0.0257. The number of amides is 1. The molecule has 2 aromatic carbocycles. The number of anilines is 1. The molecule has 180 valence electrons. The van der Waals surface area contributed by atoms with Crippen molar-refractivity contribution in [2.75, 3.05) is 39.7 Å². The van der Waals surface area contributed by atoms with Gasteiger partial charge in [-0.25, -0.2) is 17.5 Å². The molecule has 0 saturated carbocycles. The number of nitrogens with one attached hydrogen (secondary N) is 1. The summed E-state index contributed by atoms with van der Waals surface area (Å²) in [6, 6.07) is 11.1. The molecule has 0 atom stereocenters. The first-order valence-electron chi connectivity index (χ1n) is 9.94. The summed E-state index contributed by atoms with van der Waals surface area (Å²) in [5.74, 6) is -0.596. The Morgan fingerprint density at radius 2 is 1.88 bits per heavy atom. The van der Waals surface area contributed by atoms with E-state index in [1.165, 1.54) is 39.4 Å². The number of methoxy groups -OCH3 is 1. The molecule has 10 nitrogen and oxygen atoms in total. The molecular weight excluding hydrogens is 462 g/mol. The van der Waals surface area contributed by atoms with E-state index in [4.69, 9.17) is 19.5 Å². The monoisotopic (exact) mass is 487 g/mol. The van der Waals surface area contributed by atoms with Crippen LogP contribution in [0.15, 0.2) is 47.4 Å². The van der Waals surface area contributed by atoms with E-state index in [1.807, 2.05) is 6.07 Å². The van der Waals surface area contributed by atoms with Gasteiger partial charge >= 0.3 is 5.97 Å². The zero-order valence-electron chi connectivity index (χ0n) is 19.2. The fraction of sp³-hybridized carbons (Fsp3) is 0.261. The maximum atomic E-state index is 12.3. The molecule has 2 rings (SSSR count). The smallest absolute Gasteiger partial charge is 0.331 e. The number of aryl methyl sites for hydroxylation is 1. The average Bonchev–Trinajstić information content (AvgIpc) is 2.81. The third-order valence-electron chi connectivity index (χ3n) is 4.50. The van der Waals surface area contributed by atoms with Crippen molar-refractivity contribution in [3.05, 3.63) is 53.6 Å². The number of ether oxygens (including phenoxy) is 3. The minimum Gasteiger partial charge on any atom is -0.493 e. The summed E-state index contributed by atoms with van der Waals surface area (Å²) in [7, 11) is 0.600. The molecule has 0 bridgehead atoms. The first kappa shape index (κ1) is 26.4. The number of carbonyl (C=O) groups excluding carboxylic acids is 2. The van der Waals surface area contributed by atoms with Crippen LogP contribution in [0, 0.1) is 18.3 Å². The van der Waals surface area contributed by atoms with Gasteiger partial charge in [-0.05, 0) is 48.4 Å². The Labute approximate surface area is 198 Å². The standard InChI is InChI=1S/C23H25N3O7S/c1-16-5-8-18(34(29,30)26(2)3)14-19(16)25-22(27)15-33-23(28)10-7-17-6-9-20(32-12-11-24)21(13-17)31-4/h5-10,13-14H,12,15H2,1-4H3,(H,25,27)/b10-7+. The highest BCUT2D eigenvalue weighted by molar-refractivity contribution is 7.89. The van der Waals surface area contributed by atoms with Gasteiger partial charge in [-0.1, -0.05) is 12.1 Å². The van der Waals surface area contributed by atoms with Gasteiger partial charge in [-0.3, -0.25) is 4.79 Å². The first-order chi connectivity index (χ1) is 16.1. The van der Waals surface area contributed by atoms with Crippen molar-refractivity contribution in [1.82, 2.24) is 4.31 Å². The summed E-state index contributed by atoms with van der Waals surface area (Å²) >= 11 is 0. The largest absolute Gasteiger partial charge is 0.493 e. The molecule has 0 spiro atoms. The van der Waals surface area contributed by atoms with E-state index in [0.717, 1.165) is 10.4 Å². The van der Waals surface area contributed by atoms with Crippen LogP contribution in [0.5, 0.6) is 11.5 Å². The lowest BCUT2D eigenvalue weighted by Gasteiger charge is -2.14. The molecule has 0 fully saturated rings. The number of benzene rings is 2. The molecule has 0 aliphatic carbocycles. The lowest BCUT2D eigenvalue weighted by atomic mass is 10.2. The van der Waals surface area contributed by atoms with Crippen molar-refractivity contribution < 1.29 is 32.2 Å². The van der Waals surface area contributed by atoms with Gasteiger partial charge in [-0.2, -0.15) is 5.26 Å². The summed E-state index contributed by atoms with van der Waals surface area (Å²) < 4.78 is 41.1. The topological polar surface area (TPSA) is 135 Å². The van der Waals surface area contributed by atoms with Crippen LogP contribution in [0.25, 0.3) is 6.08 Å². The molecule has 11 heteroatoms. The second-order valence-electron chi connectivity index (χ2n) is 7.11. The molecule has 0 unspecified atom stereocenters. The molecule has 0 heterocycles. The van der Waals surface area contributed by atoms with Gasteiger partial charge in [0.05, 0.1) is 12.0 Å². The first-order valence-corrected chi connectivity index (χ1v) is 11.4. The Hall–Kier alpha value is -3.88. The molecular formula is C23H25N3O7S. The van der Waals surface area contributed by atoms with Crippen LogP contribution < -0.4 is 14.8 Å². The van der Waals surface area contributed by atoms with Crippen LogP contribution in [0.1, 0.15) is 11.1 Å². The van der Waals surface area contributed by atoms with Crippen molar-refractivity contribution in [3.8, 4) is 17.6 Å². The van der Waals surface area contributed by atoms with E-state index >= 15 is 0 Å². The average molecular weight is 488 g/mol. The van der Waals surface area contributed by atoms with Crippen LogP contribution in [0.4, 0.5) is 5.69 Å². The van der Waals surface area contributed by atoms with Gasteiger partial charge in [0, 0.05) is 25.9 Å². The Morgan fingerprint density at radius 1 is 1.15 bits per heavy atom. The Kier molecular flexibility index (Phi) is 9.18. The van der Waals surface area contributed by atoms with Crippen molar-refractivity contribution in [2.24, 2.45) is 0 Å². The SMILES string of the molecule is COc1cc(/C=C/C(=O)OCC(=O)Nc2cc(S(=O)(=O)N(C)C)ccc2C)ccc1OCC#N. The van der Waals surface area contributed by atoms with Gasteiger partial charge in [0.2, 0.25) is 10.0 Å². The van der Waals surface area contributed by atoms with Gasteiger partial charge < -0.3 is 19.5 Å². The summed E-state index contributed by atoms with van der Waals surface area (Å²) in [5, 5.41) is 11.2. The molecule has 0 radical (unpaired) electrons. The highest BCUT2D eigenvalue weighted by Crippen LogP contribution is 2.28. The number of sulfonamides is 1. The fourth-order valence-electron chi connectivity index (χ4n) is 2.66. The minimum atomic E-state index is -3.67. The Balaban J connectivity index is 1.98. The van der Waals surface area contributed by atoms with E-state index in [1.54, 1.807) is 31.2 Å². The van der Waals surface area contributed by atoms with E-state index in [2.05, 4.69) is 5.32 Å². The Bertz CT molecular complexity index is 1230. The van der Waals surface area contributed by atoms with Crippen LogP contribution in [-0.2, 0) is 24.3 Å². The van der Waals surface area contributed by atoms with Gasteiger partial charge in [0.25, 0.3) is 5.91 Å². The molecule has 0 aromatic heterocycles. The number of rotatable bonds is 10. The summed E-state index contributed by atoms with van der Waals surface area (Å²) in [6.45, 7) is 1.02. The second-order valence-corrected chi connectivity index (χ2v) is 9.26. The van der Waals surface area contributed by atoms with E-state index in [-0.39, 0.29) is 11.5 Å².